The molecular formula is C19H23F3N2S. The zero-order valence-corrected chi connectivity index (χ0v) is 15.5. The molecule has 0 aliphatic rings. The summed E-state index contributed by atoms with van der Waals surface area (Å²) in [7, 11) is 0. The number of alkyl halides is 3. The summed E-state index contributed by atoms with van der Waals surface area (Å²) < 4.78 is 37.8. The molecule has 1 aromatic heterocycles. The summed E-state index contributed by atoms with van der Waals surface area (Å²) in [6.07, 6.45) is 6.46. The number of hydrogen-bond acceptors (Lipinski definition) is 3. The van der Waals surface area contributed by atoms with Crippen LogP contribution in [0.25, 0.3) is 0 Å². The van der Waals surface area contributed by atoms with E-state index in [0.717, 1.165) is 15.3 Å². The number of aryl methyl sites for hydroxylation is 1. The molecule has 0 radical (unpaired) electrons. The first-order valence-electron chi connectivity index (χ1n) is 7.88. The van der Waals surface area contributed by atoms with E-state index in [-0.39, 0.29) is 0 Å². The predicted octanol–water partition coefficient (Wildman–Crippen LogP) is 6.29. The molecule has 0 fully saturated rings. The molecule has 1 N–H and O–H groups in total. The van der Waals surface area contributed by atoms with Gasteiger partial charge in [0.05, 0.1) is 10.6 Å². The Labute approximate surface area is 151 Å². The van der Waals surface area contributed by atoms with Crippen molar-refractivity contribution in [3.63, 3.8) is 0 Å². The maximum absolute atomic E-state index is 12.6. The van der Waals surface area contributed by atoms with Gasteiger partial charge in [0.2, 0.25) is 0 Å². The summed E-state index contributed by atoms with van der Waals surface area (Å²) in [6.45, 7) is 8.81. The summed E-state index contributed by atoms with van der Waals surface area (Å²) in [5.41, 5.74) is 2.66. The van der Waals surface area contributed by atoms with Crippen molar-refractivity contribution in [2.45, 2.75) is 39.8 Å². The molecule has 2 nitrogen and oxygen atoms in total. The average molecular weight is 368 g/mol. The lowest BCUT2D eigenvalue weighted by atomic mass is 10.1. The summed E-state index contributed by atoms with van der Waals surface area (Å²) in [5.74, 6) is 0. The highest BCUT2D eigenvalue weighted by Crippen LogP contribution is 2.23. The van der Waals surface area contributed by atoms with Crippen molar-refractivity contribution in [3.05, 3.63) is 70.1 Å². The maximum Gasteiger partial charge on any atom is 0.432 e. The molecule has 1 rings (SSSR count). The highest BCUT2D eigenvalue weighted by atomic mass is 32.1. The molecule has 0 saturated heterocycles. The minimum absolute atomic E-state index is 0.526. The molecule has 0 bridgehead atoms. The Kier molecular flexibility index (Phi) is 8.41. The number of rotatable bonds is 8. The molecule has 6 heteroatoms. The number of hydrazone groups is 1. The molecule has 0 saturated carbocycles. The van der Waals surface area contributed by atoms with Gasteiger partial charge in [0.25, 0.3) is 0 Å². The lowest BCUT2D eigenvalue weighted by Gasteiger charge is -2.11. The van der Waals surface area contributed by atoms with E-state index in [9.17, 15) is 13.2 Å². The fourth-order valence-corrected chi connectivity index (χ4v) is 2.78. The highest BCUT2D eigenvalue weighted by Gasteiger charge is 2.32. The molecule has 1 heterocycles. The monoisotopic (exact) mass is 368 g/mol. The van der Waals surface area contributed by atoms with Gasteiger partial charge in [-0.25, -0.2) is 0 Å². The molecule has 0 aromatic carbocycles. The van der Waals surface area contributed by atoms with Crippen LogP contribution in [0.1, 0.15) is 36.4 Å². The van der Waals surface area contributed by atoms with Crippen LogP contribution in [-0.4, -0.2) is 11.9 Å². The second-order valence-corrected chi connectivity index (χ2v) is 6.59. The van der Waals surface area contributed by atoms with Crippen molar-refractivity contribution in [2.24, 2.45) is 5.10 Å². The van der Waals surface area contributed by atoms with E-state index in [2.05, 4.69) is 17.1 Å². The second kappa shape index (κ2) is 10.0. The topological polar surface area (TPSA) is 24.4 Å². The van der Waals surface area contributed by atoms with Gasteiger partial charge in [-0.15, -0.1) is 11.3 Å². The van der Waals surface area contributed by atoms with Gasteiger partial charge in [-0.2, -0.15) is 18.3 Å². The highest BCUT2D eigenvalue weighted by molar-refractivity contribution is 7.14. The maximum atomic E-state index is 12.6. The Balaban J connectivity index is 2.91. The standard InChI is InChI=1S/C19H23F3N2S/c1-5-7-8-9-16(6-2)11-12-17(18-13-10-14(3)25-18)24-23-15(4)19(20,21)22/h5-10,13,23H,4,11-12H2,1-3H3/b7-5-,9-8-,16-6+,24-17+. The van der Waals surface area contributed by atoms with Crippen molar-refractivity contribution in [1.29, 1.82) is 0 Å². The van der Waals surface area contributed by atoms with Gasteiger partial charge in [0.15, 0.2) is 0 Å². The summed E-state index contributed by atoms with van der Waals surface area (Å²) >= 11 is 1.51. The predicted molar refractivity (Wildman–Crippen MR) is 101 cm³/mol. The van der Waals surface area contributed by atoms with Crippen LogP contribution in [0.3, 0.4) is 0 Å². The van der Waals surface area contributed by atoms with Crippen LogP contribution in [-0.2, 0) is 0 Å². The van der Waals surface area contributed by atoms with E-state index in [4.69, 9.17) is 0 Å². The largest absolute Gasteiger partial charge is 0.432 e. The zero-order chi connectivity index (χ0) is 18.9. The molecule has 0 spiro atoms. The van der Waals surface area contributed by atoms with Crippen LogP contribution in [0, 0.1) is 6.92 Å². The van der Waals surface area contributed by atoms with Crippen LogP contribution < -0.4 is 5.43 Å². The number of nitrogens with one attached hydrogen (secondary N) is 1. The molecule has 136 valence electrons. The van der Waals surface area contributed by atoms with E-state index in [1.54, 1.807) is 0 Å². The van der Waals surface area contributed by atoms with Crippen molar-refractivity contribution < 1.29 is 13.2 Å². The van der Waals surface area contributed by atoms with Crippen molar-refractivity contribution in [3.8, 4) is 0 Å². The van der Waals surface area contributed by atoms with Crippen molar-refractivity contribution in [2.75, 3.05) is 0 Å². The van der Waals surface area contributed by atoms with E-state index in [0.29, 0.717) is 18.6 Å². The Morgan fingerprint density at radius 3 is 2.48 bits per heavy atom. The Bertz CT molecular complexity index is 692. The van der Waals surface area contributed by atoms with Crippen LogP contribution in [0.2, 0.25) is 0 Å². The SMILES string of the molecule is C=C(N/N=C(\CCC(/C=C\C=C/C)=C/C)c1ccc(C)s1)C(F)(F)F. The average Bonchev–Trinajstić information content (AvgIpc) is 2.98. The number of halogens is 3. The van der Waals surface area contributed by atoms with E-state index < -0.39 is 11.9 Å². The molecule has 0 amide bonds. The fourth-order valence-electron chi connectivity index (χ4n) is 1.90. The lowest BCUT2D eigenvalue weighted by Crippen LogP contribution is -2.22. The summed E-state index contributed by atoms with van der Waals surface area (Å²) in [5, 5.41) is 3.97. The Morgan fingerprint density at radius 2 is 1.96 bits per heavy atom. The van der Waals surface area contributed by atoms with Gasteiger partial charge in [0, 0.05) is 4.88 Å². The Hall–Kier alpha value is -2.08. The fraction of sp³-hybridized carbons (Fsp3) is 0.316. The molecule has 0 atom stereocenters. The van der Waals surface area contributed by atoms with Crippen LogP contribution >= 0.6 is 11.3 Å². The first-order chi connectivity index (χ1) is 11.8. The molecule has 0 aliphatic carbocycles. The molecule has 1 aromatic rings. The third kappa shape index (κ3) is 7.56. The first-order valence-corrected chi connectivity index (χ1v) is 8.69. The van der Waals surface area contributed by atoms with Crippen LogP contribution in [0.15, 0.2) is 65.5 Å². The number of thiophene rings is 1. The van der Waals surface area contributed by atoms with E-state index in [1.165, 1.54) is 11.3 Å². The lowest BCUT2D eigenvalue weighted by molar-refractivity contribution is -0.0962. The van der Waals surface area contributed by atoms with E-state index >= 15 is 0 Å². The van der Waals surface area contributed by atoms with Gasteiger partial charge in [-0.3, -0.25) is 5.43 Å². The minimum Gasteiger partial charge on any atom is -0.274 e. The molecule has 0 unspecified atom stereocenters. The first kappa shape index (κ1) is 21.0. The molecule has 25 heavy (non-hydrogen) atoms. The Morgan fingerprint density at radius 1 is 1.24 bits per heavy atom. The van der Waals surface area contributed by atoms with Gasteiger partial charge < -0.3 is 0 Å². The van der Waals surface area contributed by atoms with Gasteiger partial charge >= 0.3 is 6.18 Å². The van der Waals surface area contributed by atoms with Gasteiger partial charge in [0.1, 0.15) is 5.70 Å². The van der Waals surface area contributed by atoms with Gasteiger partial charge in [-0.1, -0.05) is 42.5 Å². The second-order valence-electron chi connectivity index (χ2n) is 5.31. The molecular weight excluding hydrogens is 345 g/mol. The quantitative estimate of drug-likeness (QED) is 0.326. The van der Waals surface area contributed by atoms with Gasteiger partial charge in [-0.05, 0) is 45.7 Å². The number of hydrogen-bond donors (Lipinski definition) is 1. The zero-order valence-electron chi connectivity index (χ0n) is 14.7. The van der Waals surface area contributed by atoms with E-state index in [1.807, 2.05) is 63.3 Å². The normalized spacial score (nSPS) is 13.8. The van der Waals surface area contributed by atoms with Crippen molar-refractivity contribution >= 4 is 17.0 Å². The minimum atomic E-state index is -4.51. The number of nitrogens with zero attached hydrogens (tertiary/aromatic N) is 1. The summed E-state index contributed by atoms with van der Waals surface area (Å²) in [6, 6.07) is 3.80. The number of allylic oxidation sites excluding steroid dienone is 7. The van der Waals surface area contributed by atoms with Crippen molar-refractivity contribution in [1.82, 2.24) is 5.43 Å². The summed E-state index contributed by atoms with van der Waals surface area (Å²) in [4.78, 5) is 1.93. The van der Waals surface area contributed by atoms with Crippen LogP contribution in [0.5, 0.6) is 0 Å². The van der Waals surface area contributed by atoms with Crippen LogP contribution in [0.4, 0.5) is 13.2 Å². The third-order valence-electron chi connectivity index (χ3n) is 3.33. The smallest absolute Gasteiger partial charge is 0.274 e. The third-order valence-corrected chi connectivity index (χ3v) is 4.38. The molecule has 0 aliphatic heterocycles.